The lowest BCUT2D eigenvalue weighted by molar-refractivity contribution is 0.0600. The average molecular weight is 283 g/mol. The lowest BCUT2D eigenvalue weighted by Gasteiger charge is -2.01. The highest BCUT2D eigenvalue weighted by atomic mass is 16.5. The molecule has 1 aromatic carbocycles. The van der Waals surface area contributed by atoms with Crippen molar-refractivity contribution in [2.75, 3.05) is 7.11 Å². The third-order valence-electron chi connectivity index (χ3n) is 2.91. The van der Waals surface area contributed by atoms with E-state index >= 15 is 0 Å². The quantitative estimate of drug-likeness (QED) is 0.686. The molecule has 0 aliphatic carbocycles. The summed E-state index contributed by atoms with van der Waals surface area (Å²) < 4.78 is 11.9. The summed E-state index contributed by atoms with van der Waals surface area (Å²) >= 11 is 0. The zero-order valence-electron chi connectivity index (χ0n) is 11.4. The second-order valence-electron chi connectivity index (χ2n) is 4.34. The number of rotatable bonds is 4. The number of fused-ring (bicyclic) bond motifs is 1. The highest BCUT2D eigenvalue weighted by Gasteiger charge is 2.09. The number of hydrogen-bond donors (Lipinski definition) is 0. The van der Waals surface area contributed by atoms with Gasteiger partial charge >= 0.3 is 5.97 Å². The molecule has 0 radical (unpaired) electrons. The third kappa shape index (κ3) is 2.84. The molecule has 0 aliphatic heterocycles. The van der Waals surface area contributed by atoms with Crippen LogP contribution in [0.2, 0.25) is 0 Å². The molecule has 3 aromatic rings. The highest BCUT2D eigenvalue weighted by molar-refractivity contribution is 5.90. The first-order valence-corrected chi connectivity index (χ1v) is 6.38. The molecule has 0 atom stereocenters. The topological polar surface area (TPSA) is 65.7 Å². The summed E-state index contributed by atoms with van der Waals surface area (Å²) in [6.45, 7) is 0.263. The van der Waals surface area contributed by atoms with Crippen molar-refractivity contribution in [3.8, 4) is 5.75 Å². The van der Waals surface area contributed by atoms with Crippen LogP contribution < -0.4 is 4.74 Å². The summed E-state index contributed by atoms with van der Waals surface area (Å²) in [7, 11) is 1.34. The van der Waals surface area contributed by atoms with Gasteiger partial charge in [-0.25, -0.2) is 14.3 Å². The van der Waals surface area contributed by atoms with Crippen LogP contribution in [0.5, 0.6) is 5.75 Å². The fourth-order valence-corrected chi connectivity index (χ4v) is 1.90. The normalized spacial score (nSPS) is 10.5. The van der Waals surface area contributed by atoms with Gasteiger partial charge in [0, 0.05) is 6.20 Å². The second-order valence-corrected chi connectivity index (χ2v) is 4.34. The molecule has 0 N–H and O–H groups in total. The predicted octanol–water partition coefficient (Wildman–Crippen LogP) is 2.09. The molecule has 3 rings (SSSR count). The fraction of sp³-hybridized carbons (Fsp3) is 0.133. The zero-order chi connectivity index (χ0) is 14.7. The first-order chi connectivity index (χ1) is 10.3. The number of ether oxygens (including phenoxy) is 2. The van der Waals surface area contributed by atoms with Gasteiger partial charge in [0.15, 0.2) is 11.5 Å². The zero-order valence-corrected chi connectivity index (χ0v) is 11.4. The van der Waals surface area contributed by atoms with Crippen LogP contribution >= 0.6 is 0 Å². The van der Waals surface area contributed by atoms with Gasteiger partial charge in [0.25, 0.3) is 0 Å². The molecule has 0 aliphatic rings. The molecular formula is C15H13N3O3. The van der Waals surface area contributed by atoms with E-state index in [0.29, 0.717) is 17.0 Å². The van der Waals surface area contributed by atoms with Gasteiger partial charge in [0.2, 0.25) is 0 Å². The Morgan fingerprint density at radius 3 is 2.81 bits per heavy atom. The van der Waals surface area contributed by atoms with Crippen LogP contribution in [-0.2, 0) is 11.3 Å². The van der Waals surface area contributed by atoms with E-state index in [1.54, 1.807) is 22.8 Å². The molecule has 0 saturated carbocycles. The molecule has 2 aromatic heterocycles. The molecule has 0 unspecified atom stereocenters. The Morgan fingerprint density at radius 2 is 2.05 bits per heavy atom. The molecule has 6 nitrogen and oxygen atoms in total. The van der Waals surface area contributed by atoms with Crippen molar-refractivity contribution in [3.63, 3.8) is 0 Å². The van der Waals surface area contributed by atoms with Gasteiger partial charge in [-0.2, -0.15) is 0 Å². The number of benzene rings is 1. The van der Waals surface area contributed by atoms with Gasteiger partial charge in [-0.3, -0.25) is 0 Å². The summed E-state index contributed by atoms with van der Waals surface area (Å²) in [5.41, 5.74) is 1.01. The minimum atomic E-state index is -0.400. The second kappa shape index (κ2) is 5.62. The minimum absolute atomic E-state index is 0.263. The number of nitrogens with zero attached hydrogens (tertiary/aromatic N) is 3. The average Bonchev–Trinajstić information content (AvgIpc) is 2.95. The van der Waals surface area contributed by atoms with Crippen molar-refractivity contribution in [2.24, 2.45) is 0 Å². The van der Waals surface area contributed by atoms with Gasteiger partial charge in [0.05, 0.1) is 12.7 Å². The van der Waals surface area contributed by atoms with Crippen LogP contribution in [0.3, 0.4) is 0 Å². The van der Waals surface area contributed by atoms with E-state index in [1.165, 1.54) is 7.11 Å². The molecular weight excluding hydrogens is 270 g/mol. The number of methoxy groups -OCH3 is 1. The Kier molecular flexibility index (Phi) is 3.51. The molecule has 0 spiro atoms. The van der Waals surface area contributed by atoms with E-state index in [9.17, 15) is 4.79 Å². The summed E-state index contributed by atoms with van der Waals surface area (Å²) in [4.78, 5) is 15.8. The smallest absolute Gasteiger partial charge is 0.338 e. The van der Waals surface area contributed by atoms with Crippen molar-refractivity contribution in [1.82, 2.24) is 14.6 Å². The Morgan fingerprint density at radius 1 is 1.24 bits per heavy atom. The maximum atomic E-state index is 11.5. The van der Waals surface area contributed by atoms with Crippen LogP contribution in [0.4, 0.5) is 0 Å². The first kappa shape index (κ1) is 13.1. The van der Waals surface area contributed by atoms with E-state index in [4.69, 9.17) is 4.74 Å². The van der Waals surface area contributed by atoms with Crippen molar-refractivity contribution in [2.45, 2.75) is 6.61 Å². The minimum Gasteiger partial charge on any atom is -0.486 e. The monoisotopic (exact) mass is 283 g/mol. The predicted molar refractivity (Wildman–Crippen MR) is 75.1 cm³/mol. The number of hydrogen-bond acceptors (Lipinski definition) is 5. The molecule has 0 fully saturated rings. The van der Waals surface area contributed by atoms with Crippen molar-refractivity contribution in [1.29, 1.82) is 0 Å². The molecule has 21 heavy (non-hydrogen) atoms. The van der Waals surface area contributed by atoms with Crippen LogP contribution in [0.25, 0.3) is 5.65 Å². The number of carbonyl (C=O) groups is 1. The fourth-order valence-electron chi connectivity index (χ4n) is 1.90. The molecule has 0 amide bonds. The van der Waals surface area contributed by atoms with Gasteiger partial charge in [-0.05, 0) is 24.3 Å². The third-order valence-corrected chi connectivity index (χ3v) is 2.91. The van der Waals surface area contributed by atoms with E-state index < -0.39 is 5.97 Å². The van der Waals surface area contributed by atoms with Crippen LogP contribution in [-0.4, -0.2) is 27.7 Å². The van der Waals surface area contributed by atoms with Crippen molar-refractivity contribution >= 4 is 11.6 Å². The van der Waals surface area contributed by atoms with E-state index in [0.717, 1.165) is 5.75 Å². The molecule has 2 heterocycles. The number of carbonyl (C=O) groups excluding carboxylic acids is 1. The SMILES string of the molecule is COC(=O)c1ccn2nc(COc3ccccc3)nc2c1. The number of aromatic nitrogens is 3. The summed E-state index contributed by atoms with van der Waals surface area (Å²) in [5.74, 6) is 0.898. The van der Waals surface area contributed by atoms with Crippen molar-refractivity contribution in [3.05, 3.63) is 60.0 Å². The molecule has 6 heteroatoms. The van der Waals surface area contributed by atoms with Gasteiger partial charge in [0.1, 0.15) is 12.4 Å². The van der Waals surface area contributed by atoms with Gasteiger partial charge in [-0.15, -0.1) is 5.10 Å². The highest BCUT2D eigenvalue weighted by Crippen LogP contribution is 2.11. The van der Waals surface area contributed by atoms with Gasteiger partial charge < -0.3 is 9.47 Å². The Bertz CT molecular complexity index is 768. The first-order valence-electron chi connectivity index (χ1n) is 6.38. The molecule has 106 valence electrons. The van der Waals surface area contributed by atoms with Crippen LogP contribution in [0.1, 0.15) is 16.2 Å². The summed E-state index contributed by atoms with van der Waals surface area (Å²) in [6, 6.07) is 12.7. The number of pyridine rings is 1. The largest absolute Gasteiger partial charge is 0.486 e. The maximum Gasteiger partial charge on any atom is 0.338 e. The standard InChI is InChI=1S/C15H13N3O3/c1-20-15(19)11-7-8-18-14(9-11)16-13(17-18)10-21-12-5-3-2-4-6-12/h2-9H,10H2,1H3. The Hall–Kier alpha value is -2.89. The van der Waals surface area contributed by atoms with E-state index in [1.807, 2.05) is 30.3 Å². The van der Waals surface area contributed by atoms with Gasteiger partial charge in [-0.1, -0.05) is 18.2 Å². The maximum absolute atomic E-state index is 11.5. The molecule has 0 saturated heterocycles. The molecule has 0 bridgehead atoms. The summed E-state index contributed by atoms with van der Waals surface area (Å²) in [6.07, 6.45) is 1.67. The lowest BCUT2D eigenvalue weighted by Crippen LogP contribution is -2.02. The van der Waals surface area contributed by atoms with Crippen molar-refractivity contribution < 1.29 is 14.3 Å². The van der Waals surface area contributed by atoms with E-state index in [-0.39, 0.29) is 6.61 Å². The Balaban J connectivity index is 1.79. The van der Waals surface area contributed by atoms with E-state index in [2.05, 4.69) is 14.8 Å². The summed E-state index contributed by atoms with van der Waals surface area (Å²) in [5, 5.41) is 4.28. The number of esters is 1. The van der Waals surface area contributed by atoms with Crippen LogP contribution in [0.15, 0.2) is 48.7 Å². The van der Waals surface area contributed by atoms with Crippen LogP contribution in [0, 0.1) is 0 Å². The number of para-hydroxylation sites is 1. The Labute approximate surface area is 120 Å². The lowest BCUT2D eigenvalue weighted by atomic mass is 10.3.